The smallest absolute Gasteiger partial charge is 0.323 e. The molecule has 0 atom stereocenters. The van der Waals surface area contributed by atoms with Gasteiger partial charge < -0.3 is 20.1 Å². The summed E-state index contributed by atoms with van der Waals surface area (Å²) in [5.41, 5.74) is 0. The van der Waals surface area contributed by atoms with Gasteiger partial charge >= 0.3 is 18.0 Å². The van der Waals surface area contributed by atoms with Crippen LogP contribution in [-0.2, 0) is 14.3 Å². The number of carboxylic acids is 1. The first-order valence-corrected chi connectivity index (χ1v) is 7.46. The zero-order valence-corrected chi connectivity index (χ0v) is 12.5. The highest BCUT2D eigenvalue weighted by Gasteiger charge is 2.28. The summed E-state index contributed by atoms with van der Waals surface area (Å²) in [5, 5.41) is 11.6. The first-order valence-electron chi connectivity index (χ1n) is 7.46. The largest absolute Gasteiger partial charge is 0.480 e. The minimum absolute atomic E-state index is 0.00570. The topological polar surface area (TPSA) is 95.9 Å². The molecule has 1 aliphatic carbocycles. The normalized spacial score (nSPS) is 14.7. The van der Waals surface area contributed by atoms with Crippen LogP contribution < -0.4 is 5.32 Å². The molecule has 2 amide bonds. The fourth-order valence-electron chi connectivity index (χ4n) is 2.49. The summed E-state index contributed by atoms with van der Waals surface area (Å²) in [6.07, 6.45) is 4.48. The van der Waals surface area contributed by atoms with Crippen LogP contribution in [0.3, 0.4) is 0 Å². The standard InChI is InChI=1S/C14H24N2O5/c1-2-21-13(19)8-5-9-15-14(20)16(10-12(17)18)11-6-3-4-7-11/h11H,2-10H2,1H3,(H,15,20)(H,17,18). The van der Waals surface area contributed by atoms with Crippen LogP contribution in [-0.4, -0.2) is 53.7 Å². The Morgan fingerprint density at radius 3 is 2.52 bits per heavy atom. The van der Waals surface area contributed by atoms with Crippen molar-refractivity contribution < 1.29 is 24.2 Å². The summed E-state index contributed by atoms with van der Waals surface area (Å²) >= 11 is 0. The lowest BCUT2D eigenvalue weighted by Crippen LogP contribution is -2.47. The molecule has 0 aromatic carbocycles. The molecule has 0 aliphatic heterocycles. The van der Waals surface area contributed by atoms with Gasteiger partial charge in [-0.15, -0.1) is 0 Å². The molecule has 120 valence electrons. The maximum atomic E-state index is 12.1. The van der Waals surface area contributed by atoms with Gasteiger partial charge in [0, 0.05) is 19.0 Å². The van der Waals surface area contributed by atoms with Crippen LogP contribution in [0.5, 0.6) is 0 Å². The number of nitrogens with one attached hydrogen (secondary N) is 1. The first-order chi connectivity index (χ1) is 10.0. The van der Waals surface area contributed by atoms with Gasteiger partial charge in [0.2, 0.25) is 0 Å². The number of nitrogens with zero attached hydrogens (tertiary/aromatic N) is 1. The molecule has 0 bridgehead atoms. The molecule has 2 N–H and O–H groups in total. The van der Waals surface area contributed by atoms with E-state index < -0.39 is 5.97 Å². The van der Waals surface area contributed by atoms with Crippen molar-refractivity contribution in [1.82, 2.24) is 10.2 Å². The summed E-state index contributed by atoms with van der Waals surface area (Å²) in [4.78, 5) is 35.5. The number of ether oxygens (including phenoxy) is 1. The molecule has 0 aromatic rings. The fraction of sp³-hybridized carbons (Fsp3) is 0.786. The van der Waals surface area contributed by atoms with Crippen molar-refractivity contribution in [2.45, 2.75) is 51.5 Å². The van der Waals surface area contributed by atoms with Crippen molar-refractivity contribution in [3.05, 3.63) is 0 Å². The van der Waals surface area contributed by atoms with E-state index in [4.69, 9.17) is 9.84 Å². The number of hydrogen-bond donors (Lipinski definition) is 2. The van der Waals surface area contributed by atoms with Gasteiger partial charge in [0.25, 0.3) is 0 Å². The molecule has 1 fully saturated rings. The fourth-order valence-corrected chi connectivity index (χ4v) is 2.49. The van der Waals surface area contributed by atoms with Crippen LogP contribution >= 0.6 is 0 Å². The highest BCUT2D eigenvalue weighted by atomic mass is 16.5. The molecule has 7 nitrogen and oxygen atoms in total. The van der Waals surface area contributed by atoms with E-state index in [1.807, 2.05) is 0 Å². The number of carbonyl (C=O) groups excluding carboxylic acids is 2. The molecule has 0 heterocycles. The monoisotopic (exact) mass is 300 g/mol. The molecule has 0 spiro atoms. The zero-order chi connectivity index (χ0) is 15.7. The van der Waals surface area contributed by atoms with Gasteiger partial charge in [-0.05, 0) is 26.2 Å². The molecule has 1 rings (SSSR count). The van der Waals surface area contributed by atoms with E-state index in [1.54, 1.807) is 6.92 Å². The summed E-state index contributed by atoms with van der Waals surface area (Å²) in [5.74, 6) is -1.30. The molecule has 1 saturated carbocycles. The molecule has 0 aromatic heterocycles. The third-order valence-corrected chi connectivity index (χ3v) is 3.47. The lowest BCUT2D eigenvalue weighted by Gasteiger charge is -2.27. The average molecular weight is 300 g/mol. The molecule has 7 heteroatoms. The quantitative estimate of drug-likeness (QED) is 0.521. The van der Waals surface area contributed by atoms with Crippen LogP contribution in [0.25, 0.3) is 0 Å². The van der Waals surface area contributed by atoms with Crippen LogP contribution in [0.4, 0.5) is 4.79 Å². The van der Waals surface area contributed by atoms with Crippen molar-refractivity contribution in [3.63, 3.8) is 0 Å². The maximum Gasteiger partial charge on any atom is 0.323 e. The second kappa shape index (κ2) is 9.20. The Balaban J connectivity index is 2.34. The number of rotatable bonds is 8. The summed E-state index contributed by atoms with van der Waals surface area (Å²) in [7, 11) is 0. The predicted molar refractivity (Wildman–Crippen MR) is 75.9 cm³/mol. The molecule has 0 radical (unpaired) electrons. The Kier molecular flexibility index (Phi) is 7.56. The number of carbonyl (C=O) groups is 3. The molecule has 0 saturated heterocycles. The number of hydrogen-bond acceptors (Lipinski definition) is 4. The van der Waals surface area contributed by atoms with Crippen molar-refractivity contribution >= 4 is 18.0 Å². The number of esters is 1. The van der Waals surface area contributed by atoms with E-state index in [9.17, 15) is 14.4 Å². The van der Waals surface area contributed by atoms with Crippen molar-refractivity contribution in [2.75, 3.05) is 19.7 Å². The van der Waals surface area contributed by atoms with E-state index in [0.29, 0.717) is 19.6 Å². The zero-order valence-electron chi connectivity index (χ0n) is 12.5. The van der Waals surface area contributed by atoms with E-state index in [2.05, 4.69) is 5.32 Å². The minimum atomic E-state index is -1.01. The Morgan fingerprint density at radius 1 is 1.29 bits per heavy atom. The third-order valence-electron chi connectivity index (χ3n) is 3.47. The molecule has 1 aliphatic rings. The average Bonchev–Trinajstić information content (AvgIpc) is 2.94. The summed E-state index contributed by atoms with van der Waals surface area (Å²) in [6, 6.07) is -0.362. The Bertz CT molecular complexity index is 366. The number of carboxylic acid groups (broad SMARTS) is 1. The van der Waals surface area contributed by atoms with Crippen LogP contribution in [0.2, 0.25) is 0 Å². The summed E-state index contributed by atoms with van der Waals surface area (Å²) < 4.78 is 4.79. The van der Waals surface area contributed by atoms with E-state index in [-0.39, 0.29) is 31.0 Å². The van der Waals surface area contributed by atoms with Crippen molar-refractivity contribution in [2.24, 2.45) is 0 Å². The summed E-state index contributed by atoms with van der Waals surface area (Å²) in [6.45, 7) is 2.14. The first kappa shape index (κ1) is 17.3. The molecular weight excluding hydrogens is 276 g/mol. The highest BCUT2D eigenvalue weighted by Crippen LogP contribution is 2.23. The lowest BCUT2D eigenvalue weighted by atomic mass is 10.2. The van der Waals surface area contributed by atoms with Crippen LogP contribution in [0.15, 0.2) is 0 Å². The highest BCUT2D eigenvalue weighted by molar-refractivity contribution is 5.80. The maximum absolute atomic E-state index is 12.1. The van der Waals surface area contributed by atoms with Crippen LogP contribution in [0, 0.1) is 0 Å². The van der Waals surface area contributed by atoms with Gasteiger partial charge in [0.15, 0.2) is 0 Å². The minimum Gasteiger partial charge on any atom is -0.480 e. The van der Waals surface area contributed by atoms with Crippen molar-refractivity contribution in [1.29, 1.82) is 0 Å². The Labute approximate surface area is 124 Å². The van der Waals surface area contributed by atoms with E-state index in [0.717, 1.165) is 25.7 Å². The predicted octanol–water partition coefficient (Wildman–Crippen LogP) is 1.37. The number of urea groups is 1. The number of amides is 2. The number of aliphatic carboxylic acids is 1. The van der Waals surface area contributed by atoms with Crippen molar-refractivity contribution in [3.8, 4) is 0 Å². The molecule has 21 heavy (non-hydrogen) atoms. The second-order valence-electron chi connectivity index (χ2n) is 5.10. The third kappa shape index (κ3) is 6.46. The van der Waals surface area contributed by atoms with E-state index >= 15 is 0 Å². The van der Waals surface area contributed by atoms with Gasteiger partial charge in [0.05, 0.1) is 6.61 Å². The lowest BCUT2D eigenvalue weighted by molar-refractivity contribution is -0.143. The van der Waals surface area contributed by atoms with Gasteiger partial charge in [-0.3, -0.25) is 9.59 Å². The van der Waals surface area contributed by atoms with Gasteiger partial charge in [-0.1, -0.05) is 12.8 Å². The Hall–Kier alpha value is -1.79. The Morgan fingerprint density at radius 2 is 1.95 bits per heavy atom. The van der Waals surface area contributed by atoms with Gasteiger partial charge in [-0.25, -0.2) is 4.79 Å². The molecular formula is C14H24N2O5. The van der Waals surface area contributed by atoms with E-state index in [1.165, 1.54) is 4.90 Å². The van der Waals surface area contributed by atoms with Gasteiger partial charge in [0.1, 0.15) is 6.54 Å². The second-order valence-corrected chi connectivity index (χ2v) is 5.10. The SMILES string of the molecule is CCOC(=O)CCCNC(=O)N(CC(=O)O)C1CCCC1. The van der Waals surface area contributed by atoms with Crippen LogP contribution in [0.1, 0.15) is 45.4 Å². The van der Waals surface area contributed by atoms with Gasteiger partial charge in [-0.2, -0.15) is 0 Å². The molecule has 0 unspecified atom stereocenters.